The molecule has 6 nitrogen and oxygen atoms in total. The number of imidazole rings is 1. The Balaban J connectivity index is 2.26. The van der Waals surface area contributed by atoms with E-state index in [1.165, 1.54) is 0 Å². The first-order valence-corrected chi connectivity index (χ1v) is 7.27. The highest BCUT2D eigenvalue weighted by Crippen LogP contribution is 2.28. The number of urea groups is 1. The minimum Gasteiger partial charge on any atom is -0.351 e. The fourth-order valence-electron chi connectivity index (χ4n) is 1.84. The van der Waals surface area contributed by atoms with Crippen molar-refractivity contribution in [1.82, 2.24) is 15.3 Å². The molecule has 9 heteroatoms. The van der Waals surface area contributed by atoms with E-state index in [-0.39, 0.29) is 11.4 Å². The van der Waals surface area contributed by atoms with Gasteiger partial charge in [0.05, 0.1) is 16.3 Å². The number of amides is 3. The lowest BCUT2D eigenvalue weighted by molar-refractivity contribution is -0.120. The summed E-state index contributed by atoms with van der Waals surface area (Å²) in [5.74, 6) is -2.65. The van der Waals surface area contributed by atoms with Crippen molar-refractivity contribution in [1.29, 1.82) is 0 Å². The Bertz CT molecular complexity index is 693. The highest BCUT2D eigenvalue weighted by molar-refractivity contribution is 8.00. The highest BCUT2D eigenvalue weighted by Gasteiger charge is 2.26. The summed E-state index contributed by atoms with van der Waals surface area (Å²) < 4.78 is 26.3. The molecule has 2 aromatic rings. The molecule has 1 atom stereocenters. The van der Waals surface area contributed by atoms with E-state index >= 15 is 0 Å². The van der Waals surface area contributed by atoms with Crippen LogP contribution in [0.5, 0.6) is 0 Å². The van der Waals surface area contributed by atoms with Gasteiger partial charge in [-0.15, -0.1) is 0 Å². The van der Waals surface area contributed by atoms with Crippen LogP contribution >= 0.6 is 11.8 Å². The summed E-state index contributed by atoms with van der Waals surface area (Å²) in [6.07, 6.45) is 0. The number of fused-ring (bicyclic) bond motifs is 1. The van der Waals surface area contributed by atoms with Gasteiger partial charge in [-0.2, -0.15) is 0 Å². The minimum absolute atomic E-state index is 0.119. The molecule has 0 spiro atoms. The maximum atomic E-state index is 13.2. The summed E-state index contributed by atoms with van der Waals surface area (Å²) in [7, 11) is 0. The Morgan fingerprint density at radius 2 is 1.95 bits per heavy atom. The minimum atomic E-state index is -0.998. The Morgan fingerprint density at radius 3 is 2.55 bits per heavy atom. The van der Waals surface area contributed by atoms with E-state index in [2.05, 4.69) is 9.97 Å². The molecular weight excluding hydrogens is 314 g/mol. The van der Waals surface area contributed by atoms with E-state index in [0.717, 1.165) is 23.9 Å². The average Bonchev–Trinajstić information content (AvgIpc) is 2.76. The molecule has 22 heavy (non-hydrogen) atoms. The molecule has 1 aromatic heterocycles. The van der Waals surface area contributed by atoms with Gasteiger partial charge in [0.25, 0.3) is 0 Å². The number of thioether (sulfide) groups is 1. The summed E-state index contributed by atoms with van der Waals surface area (Å²) in [4.78, 5) is 29.6. The number of aromatic nitrogens is 2. The fourth-order valence-corrected chi connectivity index (χ4v) is 2.84. The molecule has 0 aliphatic heterocycles. The van der Waals surface area contributed by atoms with E-state index in [9.17, 15) is 18.4 Å². The number of halogens is 2. The van der Waals surface area contributed by atoms with Crippen LogP contribution in [-0.4, -0.2) is 27.2 Å². The van der Waals surface area contributed by atoms with Gasteiger partial charge in [-0.05, 0) is 5.92 Å². The third kappa shape index (κ3) is 3.53. The van der Waals surface area contributed by atoms with Gasteiger partial charge in [-0.25, -0.2) is 18.6 Å². The molecule has 0 saturated carbocycles. The van der Waals surface area contributed by atoms with Crippen LogP contribution in [0.1, 0.15) is 13.8 Å². The molecule has 118 valence electrons. The monoisotopic (exact) mass is 328 g/mol. The summed E-state index contributed by atoms with van der Waals surface area (Å²) in [6, 6.07) is 1.03. The number of nitrogens with zero attached hydrogens (tertiary/aromatic N) is 1. The van der Waals surface area contributed by atoms with Gasteiger partial charge in [-0.1, -0.05) is 25.6 Å². The van der Waals surface area contributed by atoms with Crippen LogP contribution in [0.25, 0.3) is 11.0 Å². The fraction of sp³-hybridized carbons (Fsp3) is 0.308. The summed E-state index contributed by atoms with van der Waals surface area (Å²) in [5, 5.41) is 1.70. The number of rotatable bonds is 4. The average molecular weight is 328 g/mol. The van der Waals surface area contributed by atoms with Gasteiger partial charge < -0.3 is 10.7 Å². The first kappa shape index (κ1) is 16.2. The SMILES string of the molecule is CC(C)C(Sc1nc2cc(F)c(F)cc2[nH]1)C(=O)NC(N)=O. The van der Waals surface area contributed by atoms with Gasteiger partial charge in [0, 0.05) is 12.1 Å². The second kappa shape index (κ2) is 6.30. The molecule has 0 aliphatic carbocycles. The van der Waals surface area contributed by atoms with Gasteiger partial charge in [0.1, 0.15) is 0 Å². The van der Waals surface area contributed by atoms with Crippen LogP contribution in [0.15, 0.2) is 17.3 Å². The van der Waals surface area contributed by atoms with Crippen molar-refractivity contribution < 1.29 is 18.4 Å². The van der Waals surface area contributed by atoms with Crippen LogP contribution in [0.4, 0.5) is 13.6 Å². The summed E-state index contributed by atoms with van der Waals surface area (Å²) in [6.45, 7) is 3.58. The number of carbonyl (C=O) groups is 2. The Morgan fingerprint density at radius 1 is 1.32 bits per heavy atom. The van der Waals surface area contributed by atoms with Crippen molar-refractivity contribution in [2.75, 3.05) is 0 Å². The van der Waals surface area contributed by atoms with Crippen LogP contribution in [0.2, 0.25) is 0 Å². The molecule has 2 rings (SSSR count). The summed E-state index contributed by atoms with van der Waals surface area (Å²) >= 11 is 1.05. The first-order valence-electron chi connectivity index (χ1n) is 6.39. The molecule has 1 aromatic carbocycles. The van der Waals surface area contributed by atoms with Gasteiger partial charge in [-0.3, -0.25) is 10.1 Å². The normalized spacial score (nSPS) is 12.6. The number of benzene rings is 1. The highest BCUT2D eigenvalue weighted by atomic mass is 32.2. The number of aromatic amines is 1. The zero-order valence-corrected chi connectivity index (χ0v) is 12.6. The largest absolute Gasteiger partial charge is 0.351 e. The topological polar surface area (TPSA) is 101 Å². The number of carbonyl (C=O) groups excluding carboxylic acids is 2. The first-order chi connectivity index (χ1) is 10.3. The maximum Gasteiger partial charge on any atom is 0.318 e. The zero-order valence-electron chi connectivity index (χ0n) is 11.8. The number of nitrogens with one attached hydrogen (secondary N) is 2. The van der Waals surface area contributed by atoms with Crippen molar-refractivity contribution in [2.45, 2.75) is 24.3 Å². The van der Waals surface area contributed by atoms with Crippen LogP contribution in [-0.2, 0) is 4.79 Å². The Kier molecular flexibility index (Phi) is 4.65. The Labute approximate surface area is 128 Å². The quantitative estimate of drug-likeness (QED) is 0.749. The third-order valence-electron chi connectivity index (χ3n) is 2.85. The van der Waals surface area contributed by atoms with Crippen LogP contribution in [0.3, 0.4) is 0 Å². The van der Waals surface area contributed by atoms with E-state index in [1.54, 1.807) is 13.8 Å². The number of imide groups is 1. The maximum absolute atomic E-state index is 13.2. The van der Waals surface area contributed by atoms with E-state index in [1.807, 2.05) is 5.32 Å². The molecule has 1 unspecified atom stereocenters. The number of hydrogen-bond acceptors (Lipinski definition) is 4. The zero-order chi connectivity index (χ0) is 16.4. The predicted octanol–water partition coefficient (Wildman–Crippen LogP) is 2.15. The molecule has 0 saturated heterocycles. The number of H-pyrrole nitrogens is 1. The molecule has 0 radical (unpaired) electrons. The van der Waals surface area contributed by atoms with Crippen molar-refractivity contribution in [3.8, 4) is 0 Å². The van der Waals surface area contributed by atoms with Gasteiger partial charge in [0.2, 0.25) is 5.91 Å². The van der Waals surface area contributed by atoms with Crippen molar-refractivity contribution in [3.05, 3.63) is 23.8 Å². The molecular formula is C13H14F2N4O2S. The van der Waals surface area contributed by atoms with Crippen LogP contribution in [0, 0.1) is 17.6 Å². The lowest BCUT2D eigenvalue weighted by Gasteiger charge is -2.17. The molecule has 0 bridgehead atoms. The standard InChI is InChI=1S/C13H14F2N4O2S/c1-5(2)10(11(20)19-12(16)21)22-13-17-8-3-6(14)7(15)4-9(8)18-13/h3-5,10H,1-2H3,(H,17,18)(H3,16,19,20,21). The molecule has 0 fully saturated rings. The summed E-state index contributed by atoms with van der Waals surface area (Å²) in [5.41, 5.74) is 5.50. The second-order valence-electron chi connectivity index (χ2n) is 4.96. The van der Waals surface area contributed by atoms with Gasteiger partial charge in [0.15, 0.2) is 16.8 Å². The van der Waals surface area contributed by atoms with Crippen molar-refractivity contribution in [3.63, 3.8) is 0 Å². The van der Waals surface area contributed by atoms with E-state index in [4.69, 9.17) is 5.73 Å². The molecule has 0 aliphatic rings. The molecule has 3 amide bonds. The van der Waals surface area contributed by atoms with Crippen molar-refractivity contribution in [2.24, 2.45) is 11.7 Å². The number of primary amides is 1. The third-order valence-corrected chi connectivity index (χ3v) is 4.28. The smallest absolute Gasteiger partial charge is 0.318 e. The lowest BCUT2D eigenvalue weighted by Crippen LogP contribution is -2.42. The van der Waals surface area contributed by atoms with Gasteiger partial charge >= 0.3 is 6.03 Å². The van der Waals surface area contributed by atoms with Crippen molar-refractivity contribution >= 4 is 34.7 Å². The van der Waals surface area contributed by atoms with Crippen LogP contribution < -0.4 is 11.1 Å². The second-order valence-corrected chi connectivity index (χ2v) is 6.09. The number of nitrogens with two attached hydrogens (primary N) is 1. The molecule has 4 N–H and O–H groups in total. The lowest BCUT2D eigenvalue weighted by atomic mass is 10.1. The Hall–Kier alpha value is -2.16. The van der Waals surface area contributed by atoms with E-state index in [0.29, 0.717) is 10.7 Å². The predicted molar refractivity (Wildman–Crippen MR) is 78.2 cm³/mol. The number of hydrogen-bond donors (Lipinski definition) is 3. The molecule has 1 heterocycles. The van der Waals surface area contributed by atoms with E-state index < -0.39 is 28.8 Å².